The summed E-state index contributed by atoms with van der Waals surface area (Å²) in [6, 6.07) is 0. The van der Waals surface area contributed by atoms with Crippen molar-refractivity contribution < 1.29 is 26.2 Å². The van der Waals surface area contributed by atoms with Crippen molar-refractivity contribution in [3.05, 3.63) is 83.5 Å². The Bertz CT molecular complexity index is 934. The van der Waals surface area contributed by atoms with Gasteiger partial charge in [-0.1, -0.05) is 143 Å². The van der Waals surface area contributed by atoms with Crippen LogP contribution in [-0.2, 0) is 39.0 Å². The molecule has 0 saturated heterocycles. The summed E-state index contributed by atoms with van der Waals surface area (Å²) in [6.45, 7) is 37.8. The number of hydrogen-bond acceptors (Lipinski definition) is 0. The molecule has 3 rings (SSSR count). The van der Waals surface area contributed by atoms with Crippen LogP contribution in [-0.4, -0.2) is 9.52 Å². The Morgan fingerprint density at radius 1 is 0.450 bits per heavy atom. The largest absolute Gasteiger partial charge is 3.00 e. The van der Waals surface area contributed by atoms with E-state index in [2.05, 4.69) is 117 Å². The number of halogens is 2. The van der Waals surface area contributed by atoms with Gasteiger partial charge in [0.05, 0.1) is 0 Å². The maximum absolute atomic E-state index is 2.25. The molecule has 0 fully saturated rings. The zero-order chi connectivity index (χ0) is 29.2. The summed E-state index contributed by atoms with van der Waals surface area (Å²) >= 11 is 0. The summed E-state index contributed by atoms with van der Waals surface area (Å²) in [5.41, 5.74) is 22.6. The van der Waals surface area contributed by atoms with Crippen molar-refractivity contribution in [3.8, 4) is 0 Å². The molecule has 0 nitrogen and oxygen atoms in total. The van der Waals surface area contributed by atoms with Crippen LogP contribution < -0.4 is 0 Å². The Morgan fingerprint density at radius 2 is 0.625 bits per heavy atom. The molecule has 0 bridgehead atoms. The fourth-order valence-electron chi connectivity index (χ4n) is 5.25. The molecule has 3 aromatic rings. The summed E-state index contributed by atoms with van der Waals surface area (Å²) in [7, 11) is 0.750. The molecular weight excluding hydrogens is 623 g/mol. The van der Waals surface area contributed by atoms with Crippen molar-refractivity contribution in [3.63, 3.8) is 0 Å². The fraction of sp³-hybridized carbons (Fsp3) is 0.583. The third-order valence-corrected chi connectivity index (χ3v) is 9.00. The Hall–Kier alpha value is -0.270. The van der Waals surface area contributed by atoms with Crippen molar-refractivity contribution in [2.75, 3.05) is 0 Å². The van der Waals surface area contributed by atoms with E-state index >= 15 is 0 Å². The van der Waals surface area contributed by atoms with Crippen molar-refractivity contribution in [2.24, 2.45) is 0 Å². The standard InChI is InChI=1S/2C12H19.C10H15.C2H7Si.2ClH.Zr/c2*1-6-7-12-10(4)8(2)9(3)11(12)5;1-6-7(2)9(4)10(5)8(6)3;1-3-2;;;/h2*6-7H2,1-5H3;1-5H3;3H,1-2H3;2*1H;/q3*-1;;;;+3. The van der Waals surface area contributed by atoms with Gasteiger partial charge in [-0.15, -0.1) is 24.8 Å². The van der Waals surface area contributed by atoms with Crippen molar-refractivity contribution in [1.82, 2.24) is 0 Å². The van der Waals surface area contributed by atoms with Crippen LogP contribution in [0, 0.1) is 90.0 Å². The van der Waals surface area contributed by atoms with Gasteiger partial charge in [-0.05, 0) is 0 Å². The Morgan fingerprint density at radius 3 is 0.750 bits per heavy atom. The van der Waals surface area contributed by atoms with E-state index in [1.54, 1.807) is 11.1 Å². The minimum absolute atomic E-state index is 0. The zero-order valence-electron chi connectivity index (χ0n) is 29.2. The molecule has 0 atom stereocenters. The van der Waals surface area contributed by atoms with E-state index in [9.17, 15) is 0 Å². The van der Waals surface area contributed by atoms with Crippen molar-refractivity contribution in [1.29, 1.82) is 0 Å². The molecule has 0 amide bonds. The summed E-state index contributed by atoms with van der Waals surface area (Å²) in [5.74, 6) is 0. The third-order valence-electron chi connectivity index (χ3n) is 9.00. The van der Waals surface area contributed by atoms with Crippen LogP contribution >= 0.6 is 24.8 Å². The monoisotopic (exact) mass is 682 g/mol. The second-order valence-electron chi connectivity index (χ2n) is 11.2. The van der Waals surface area contributed by atoms with Gasteiger partial charge in [0.25, 0.3) is 0 Å². The molecule has 3 aromatic carbocycles. The number of hydrogen-bond donors (Lipinski definition) is 0. The van der Waals surface area contributed by atoms with Crippen LogP contribution in [0.25, 0.3) is 0 Å². The molecule has 0 aliphatic rings. The molecule has 2 radical (unpaired) electrons. The first-order valence-electron chi connectivity index (χ1n) is 14.5. The van der Waals surface area contributed by atoms with Gasteiger partial charge >= 0.3 is 26.2 Å². The molecule has 40 heavy (non-hydrogen) atoms. The minimum atomic E-state index is 0. The molecule has 0 saturated carbocycles. The van der Waals surface area contributed by atoms with Gasteiger partial charge in [0, 0.05) is 9.52 Å². The molecular formula is C36H62Cl2SiZr. The third kappa shape index (κ3) is 11.8. The first-order valence-corrected chi connectivity index (χ1v) is 16.8. The Balaban J connectivity index is -0.000000224. The van der Waals surface area contributed by atoms with Gasteiger partial charge in [-0.2, -0.15) is 83.5 Å². The van der Waals surface area contributed by atoms with Gasteiger partial charge in [-0.3, -0.25) is 0 Å². The average Bonchev–Trinajstić information content (AvgIpc) is 3.25. The van der Waals surface area contributed by atoms with Crippen LogP contribution in [0.1, 0.15) is 110 Å². The maximum atomic E-state index is 2.25. The van der Waals surface area contributed by atoms with Crippen LogP contribution in [0.5, 0.6) is 0 Å². The molecule has 0 unspecified atom stereocenters. The van der Waals surface area contributed by atoms with Crippen LogP contribution in [0.3, 0.4) is 0 Å². The summed E-state index contributed by atoms with van der Waals surface area (Å²) in [5, 5.41) is 0. The molecule has 0 aromatic heterocycles. The smallest absolute Gasteiger partial charge is 0.196 e. The second-order valence-corrected chi connectivity index (χ2v) is 12.3. The topological polar surface area (TPSA) is 0 Å². The minimum Gasteiger partial charge on any atom is -0.196 e. The van der Waals surface area contributed by atoms with E-state index in [1.165, 1.54) is 98.0 Å². The van der Waals surface area contributed by atoms with Crippen molar-refractivity contribution in [2.45, 2.75) is 143 Å². The molecule has 0 N–H and O–H groups in total. The predicted octanol–water partition coefficient (Wildman–Crippen LogP) is 11.5. The van der Waals surface area contributed by atoms with E-state index in [0.717, 1.165) is 9.52 Å². The fourth-order valence-corrected chi connectivity index (χ4v) is 5.25. The van der Waals surface area contributed by atoms with Gasteiger partial charge in [0.2, 0.25) is 0 Å². The molecule has 0 aliphatic carbocycles. The van der Waals surface area contributed by atoms with Crippen LogP contribution in [0.15, 0.2) is 0 Å². The van der Waals surface area contributed by atoms with Gasteiger partial charge in [0.15, 0.2) is 0 Å². The summed E-state index contributed by atoms with van der Waals surface area (Å²) in [4.78, 5) is 0. The van der Waals surface area contributed by atoms with Gasteiger partial charge in [-0.25, -0.2) is 0 Å². The Kier molecular flexibility index (Phi) is 26.0. The first kappa shape index (κ1) is 46.7. The molecule has 0 heterocycles. The van der Waals surface area contributed by atoms with E-state index in [-0.39, 0.29) is 51.0 Å². The quantitative estimate of drug-likeness (QED) is 0.190. The van der Waals surface area contributed by atoms with Gasteiger partial charge in [0.1, 0.15) is 0 Å². The normalized spacial score (nSPS) is 9.53. The Labute approximate surface area is 284 Å². The predicted molar refractivity (Wildman–Crippen MR) is 189 cm³/mol. The molecule has 0 aliphatic heterocycles. The van der Waals surface area contributed by atoms with Gasteiger partial charge < -0.3 is 0 Å². The zero-order valence-corrected chi connectivity index (χ0v) is 34.5. The van der Waals surface area contributed by atoms with E-state index in [0.29, 0.717) is 0 Å². The second kappa shape index (κ2) is 22.3. The molecule has 4 heteroatoms. The summed E-state index contributed by atoms with van der Waals surface area (Å²) in [6.07, 6.45) is 4.99. The van der Waals surface area contributed by atoms with E-state index in [4.69, 9.17) is 0 Å². The first-order chi connectivity index (χ1) is 17.2. The SMILES string of the molecule is CCC[c-]1c(C)c(C)c(C)c1C.CCC[c-]1c(C)c(C)c(C)c1C.C[SiH]C.Cc1c(C)c(C)[c-](C)c1C.Cl.Cl.[Zr+3]. The average molecular weight is 685 g/mol. The maximum Gasteiger partial charge on any atom is 3.00 e. The molecule has 0 spiro atoms. The van der Waals surface area contributed by atoms with Crippen molar-refractivity contribution >= 4 is 34.3 Å². The van der Waals surface area contributed by atoms with Crippen LogP contribution in [0.4, 0.5) is 0 Å². The van der Waals surface area contributed by atoms with Crippen LogP contribution in [0.2, 0.25) is 13.1 Å². The van der Waals surface area contributed by atoms with E-state index < -0.39 is 0 Å². The van der Waals surface area contributed by atoms with E-state index in [1.807, 2.05) is 0 Å². The number of rotatable bonds is 4. The molecule has 228 valence electrons. The summed E-state index contributed by atoms with van der Waals surface area (Å²) < 4.78 is 0.